The summed E-state index contributed by atoms with van der Waals surface area (Å²) >= 11 is 0. The van der Waals surface area contributed by atoms with Crippen molar-refractivity contribution < 1.29 is 9.90 Å². The van der Waals surface area contributed by atoms with Crippen molar-refractivity contribution in [3.8, 4) is 0 Å². The molecule has 0 radical (unpaired) electrons. The van der Waals surface area contributed by atoms with Crippen molar-refractivity contribution >= 4 is 22.9 Å². The maximum atomic E-state index is 11.9. The zero-order valence-corrected chi connectivity index (χ0v) is 10.6. The summed E-state index contributed by atoms with van der Waals surface area (Å²) in [4.78, 5) is 16.1. The van der Waals surface area contributed by atoms with Crippen molar-refractivity contribution in [3.63, 3.8) is 0 Å². The summed E-state index contributed by atoms with van der Waals surface area (Å²) in [6.07, 6.45) is 3.28. The summed E-state index contributed by atoms with van der Waals surface area (Å²) in [5.74, 6) is -0.176. The summed E-state index contributed by atoms with van der Waals surface area (Å²) in [7, 11) is 0. The zero-order valence-electron chi connectivity index (χ0n) is 10.6. The van der Waals surface area contributed by atoms with Gasteiger partial charge in [-0.2, -0.15) is 0 Å². The third-order valence-corrected chi connectivity index (χ3v) is 3.05. The lowest BCUT2D eigenvalue weighted by Crippen LogP contribution is -2.05. The maximum absolute atomic E-state index is 11.9. The number of hydrogen-bond donors (Lipinski definition) is 3. The molecule has 0 fully saturated rings. The van der Waals surface area contributed by atoms with E-state index >= 15 is 0 Å². The van der Waals surface area contributed by atoms with E-state index in [2.05, 4.69) is 15.6 Å². The molecule has 1 aromatic carbocycles. The second-order valence-corrected chi connectivity index (χ2v) is 4.41. The number of anilines is 2. The molecule has 0 aliphatic carbocycles. The second-order valence-electron chi connectivity index (χ2n) is 4.41. The Morgan fingerprint density at radius 3 is 3.05 bits per heavy atom. The molecule has 0 saturated carbocycles. The van der Waals surface area contributed by atoms with Crippen LogP contribution in [0.15, 0.2) is 48.8 Å². The molecule has 2 heterocycles. The molecule has 0 saturated heterocycles. The molecule has 5 nitrogen and oxygen atoms in total. The van der Waals surface area contributed by atoms with Gasteiger partial charge in [0, 0.05) is 18.1 Å². The van der Waals surface area contributed by atoms with E-state index in [1.807, 2.05) is 30.3 Å². The van der Waals surface area contributed by atoms with E-state index in [0.29, 0.717) is 11.3 Å². The van der Waals surface area contributed by atoms with Gasteiger partial charge < -0.3 is 15.7 Å². The minimum Gasteiger partial charge on any atom is -0.392 e. The van der Waals surface area contributed by atoms with Gasteiger partial charge in [0.2, 0.25) is 0 Å². The zero-order chi connectivity index (χ0) is 13.9. The maximum Gasteiger partial charge on any atom is 0.259 e. The van der Waals surface area contributed by atoms with Crippen LogP contribution >= 0.6 is 0 Å². The predicted molar refractivity (Wildman–Crippen MR) is 76.8 cm³/mol. The van der Waals surface area contributed by atoms with Crippen LogP contribution in [0.1, 0.15) is 11.3 Å². The highest BCUT2D eigenvalue weighted by Gasteiger charge is 2.24. The van der Waals surface area contributed by atoms with Gasteiger partial charge in [0.25, 0.3) is 5.91 Å². The normalized spacial score (nSPS) is 15.1. The molecular formula is C15H13N3O2. The van der Waals surface area contributed by atoms with Gasteiger partial charge in [0.15, 0.2) is 0 Å². The number of benzene rings is 1. The van der Waals surface area contributed by atoms with E-state index in [-0.39, 0.29) is 12.5 Å². The highest BCUT2D eigenvalue weighted by Crippen LogP contribution is 2.29. The molecule has 1 aliphatic heterocycles. The minimum absolute atomic E-state index is 0.0169. The third-order valence-electron chi connectivity index (χ3n) is 3.05. The lowest BCUT2D eigenvalue weighted by molar-refractivity contribution is -0.110. The standard InChI is InChI=1S/C15H13N3O2/c19-9-10-3-1-4-11(7-10)17-8-12-14-13(18-15(12)20)5-2-6-16-14/h1-8,17,19H,9H2,(H,18,20). The number of rotatable bonds is 3. The van der Waals surface area contributed by atoms with Crippen molar-refractivity contribution in [1.29, 1.82) is 0 Å². The summed E-state index contributed by atoms with van der Waals surface area (Å²) < 4.78 is 0. The number of carbonyl (C=O) groups is 1. The summed E-state index contributed by atoms with van der Waals surface area (Å²) in [6, 6.07) is 10.9. The molecule has 100 valence electrons. The molecule has 0 bridgehead atoms. The first-order valence-electron chi connectivity index (χ1n) is 6.21. The molecule has 1 aliphatic rings. The predicted octanol–water partition coefficient (Wildman–Crippen LogP) is 1.98. The lowest BCUT2D eigenvalue weighted by Gasteiger charge is -2.04. The van der Waals surface area contributed by atoms with Gasteiger partial charge in [-0.1, -0.05) is 12.1 Å². The first-order valence-corrected chi connectivity index (χ1v) is 6.21. The molecule has 3 rings (SSSR count). The summed E-state index contributed by atoms with van der Waals surface area (Å²) in [5, 5.41) is 14.9. The molecule has 1 amide bonds. The topological polar surface area (TPSA) is 74.2 Å². The Morgan fingerprint density at radius 2 is 2.20 bits per heavy atom. The monoisotopic (exact) mass is 267 g/mol. The van der Waals surface area contributed by atoms with E-state index in [1.54, 1.807) is 18.5 Å². The molecular weight excluding hydrogens is 254 g/mol. The van der Waals surface area contributed by atoms with Crippen LogP contribution in [0.4, 0.5) is 11.4 Å². The number of aliphatic hydroxyl groups excluding tert-OH is 1. The smallest absolute Gasteiger partial charge is 0.259 e. The van der Waals surface area contributed by atoms with Gasteiger partial charge >= 0.3 is 0 Å². The molecule has 5 heteroatoms. The Balaban J connectivity index is 1.87. The quantitative estimate of drug-likeness (QED) is 0.743. The minimum atomic E-state index is -0.176. The summed E-state index contributed by atoms with van der Waals surface area (Å²) in [6.45, 7) is -0.0169. The van der Waals surface area contributed by atoms with Crippen LogP contribution < -0.4 is 10.6 Å². The van der Waals surface area contributed by atoms with Crippen molar-refractivity contribution in [1.82, 2.24) is 4.98 Å². The molecule has 20 heavy (non-hydrogen) atoms. The van der Waals surface area contributed by atoms with E-state index in [1.165, 1.54) is 0 Å². The SMILES string of the molecule is O=C1Nc2cccnc2C1=CNc1cccc(CO)c1. The van der Waals surface area contributed by atoms with Crippen LogP contribution in [0.2, 0.25) is 0 Å². The van der Waals surface area contributed by atoms with E-state index in [4.69, 9.17) is 5.11 Å². The van der Waals surface area contributed by atoms with E-state index in [9.17, 15) is 4.79 Å². The second kappa shape index (κ2) is 5.14. The van der Waals surface area contributed by atoms with Gasteiger partial charge in [-0.25, -0.2) is 0 Å². The number of fused-ring (bicyclic) bond motifs is 1. The van der Waals surface area contributed by atoms with Crippen molar-refractivity contribution in [2.24, 2.45) is 0 Å². The number of aliphatic hydroxyl groups is 1. The molecule has 2 aromatic rings. The average molecular weight is 267 g/mol. The Morgan fingerprint density at radius 1 is 1.30 bits per heavy atom. The fourth-order valence-electron chi connectivity index (χ4n) is 2.07. The van der Waals surface area contributed by atoms with Crippen LogP contribution in [-0.4, -0.2) is 16.0 Å². The van der Waals surface area contributed by atoms with Crippen molar-refractivity contribution in [2.45, 2.75) is 6.61 Å². The number of aromatic nitrogens is 1. The van der Waals surface area contributed by atoms with E-state index in [0.717, 1.165) is 16.9 Å². The van der Waals surface area contributed by atoms with Gasteiger partial charge in [-0.3, -0.25) is 9.78 Å². The van der Waals surface area contributed by atoms with Crippen molar-refractivity contribution in [3.05, 3.63) is 60.1 Å². The van der Waals surface area contributed by atoms with Crippen LogP contribution in [0.25, 0.3) is 5.57 Å². The van der Waals surface area contributed by atoms with Gasteiger partial charge in [0.1, 0.15) is 5.69 Å². The largest absolute Gasteiger partial charge is 0.392 e. The number of nitrogens with one attached hydrogen (secondary N) is 2. The van der Waals surface area contributed by atoms with Crippen LogP contribution in [0, 0.1) is 0 Å². The number of hydrogen-bond acceptors (Lipinski definition) is 4. The van der Waals surface area contributed by atoms with Crippen molar-refractivity contribution in [2.75, 3.05) is 10.6 Å². The summed E-state index contributed by atoms with van der Waals surface area (Å²) in [5.41, 5.74) is 3.47. The highest BCUT2D eigenvalue weighted by atomic mass is 16.3. The van der Waals surface area contributed by atoms with Gasteiger partial charge in [-0.05, 0) is 29.8 Å². The molecule has 0 unspecified atom stereocenters. The fourth-order valence-corrected chi connectivity index (χ4v) is 2.07. The highest BCUT2D eigenvalue weighted by molar-refractivity contribution is 6.31. The van der Waals surface area contributed by atoms with Crippen LogP contribution in [0.5, 0.6) is 0 Å². The molecule has 0 spiro atoms. The Bertz CT molecular complexity index is 695. The Hall–Kier alpha value is -2.66. The van der Waals surface area contributed by atoms with E-state index < -0.39 is 0 Å². The number of amides is 1. The van der Waals surface area contributed by atoms with Crippen LogP contribution in [0.3, 0.4) is 0 Å². The Kier molecular flexibility index (Phi) is 3.18. The first kappa shape index (κ1) is 12.4. The molecule has 3 N–H and O–H groups in total. The lowest BCUT2D eigenvalue weighted by atomic mass is 10.2. The number of carbonyl (C=O) groups excluding carboxylic acids is 1. The first-order chi connectivity index (χ1) is 9.78. The number of pyridine rings is 1. The molecule has 0 atom stereocenters. The molecule has 1 aromatic heterocycles. The van der Waals surface area contributed by atoms with Crippen LogP contribution in [-0.2, 0) is 11.4 Å². The van der Waals surface area contributed by atoms with Gasteiger partial charge in [-0.15, -0.1) is 0 Å². The third kappa shape index (κ3) is 2.26. The average Bonchev–Trinajstić information content (AvgIpc) is 2.81. The fraction of sp³-hybridized carbons (Fsp3) is 0.0667. The van der Waals surface area contributed by atoms with Gasteiger partial charge in [0.05, 0.1) is 17.9 Å². The Labute approximate surface area is 116 Å². The number of nitrogens with zero attached hydrogens (tertiary/aromatic N) is 1.